The van der Waals surface area contributed by atoms with Crippen LogP contribution in [0.2, 0.25) is 0 Å². The van der Waals surface area contributed by atoms with Crippen molar-refractivity contribution < 1.29 is 27.8 Å². The minimum atomic E-state index is -4.21. The SMILES string of the molecule is CCOC(=O)[C@H]1C[C@H](C)CCN1C(=O)[C@H](CCCN/C(N)=N/[N+](=O)[O-])NS(=O)(=O)c1cccc(C(C)(C)c2ccccc2)c1. The molecule has 0 radical (unpaired) electrons. The largest absolute Gasteiger partial charge is 0.464 e. The van der Waals surface area contributed by atoms with Crippen LogP contribution in [0.4, 0.5) is 0 Å². The van der Waals surface area contributed by atoms with E-state index >= 15 is 0 Å². The number of hydrogen-bond donors (Lipinski definition) is 3. The van der Waals surface area contributed by atoms with Crippen molar-refractivity contribution >= 4 is 27.9 Å². The van der Waals surface area contributed by atoms with Gasteiger partial charge in [-0.3, -0.25) is 4.79 Å². The van der Waals surface area contributed by atoms with Crippen LogP contribution >= 0.6 is 0 Å². The van der Waals surface area contributed by atoms with Crippen molar-refractivity contribution in [1.29, 1.82) is 0 Å². The molecule has 1 saturated heterocycles. The van der Waals surface area contributed by atoms with Crippen LogP contribution in [0.15, 0.2) is 64.6 Å². The zero-order valence-corrected chi connectivity index (χ0v) is 26.4. The first-order valence-electron chi connectivity index (χ1n) is 14.6. The van der Waals surface area contributed by atoms with E-state index in [-0.39, 0.29) is 43.4 Å². The summed E-state index contributed by atoms with van der Waals surface area (Å²) in [7, 11) is -4.21. The molecule has 0 spiro atoms. The molecular formula is C30H42N6O7S. The monoisotopic (exact) mass is 630 g/mol. The van der Waals surface area contributed by atoms with E-state index in [4.69, 9.17) is 10.5 Å². The summed E-state index contributed by atoms with van der Waals surface area (Å²) in [6.07, 6.45) is 1.28. The van der Waals surface area contributed by atoms with Gasteiger partial charge in [0, 0.05) is 18.5 Å². The average molecular weight is 631 g/mol. The molecule has 3 atom stereocenters. The fraction of sp³-hybridized carbons (Fsp3) is 0.500. The summed E-state index contributed by atoms with van der Waals surface area (Å²) in [4.78, 5) is 38.7. The Kier molecular flexibility index (Phi) is 11.8. The van der Waals surface area contributed by atoms with Gasteiger partial charge in [-0.2, -0.15) is 4.72 Å². The van der Waals surface area contributed by atoms with E-state index < -0.39 is 50.4 Å². The molecule has 13 nitrogen and oxygen atoms in total. The van der Waals surface area contributed by atoms with Gasteiger partial charge in [0.2, 0.25) is 15.9 Å². The van der Waals surface area contributed by atoms with Crippen molar-refractivity contribution in [3.05, 3.63) is 75.8 Å². The molecule has 4 N–H and O–H groups in total. The van der Waals surface area contributed by atoms with Gasteiger partial charge in [0.15, 0.2) is 5.03 Å². The summed E-state index contributed by atoms with van der Waals surface area (Å²) in [6, 6.07) is 14.2. The fourth-order valence-electron chi connectivity index (χ4n) is 5.27. The Hall–Kier alpha value is -4.04. The second kappa shape index (κ2) is 15.1. The van der Waals surface area contributed by atoms with Crippen LogP contribution in [-0.2, 0) is 29.8 Å². The van der Waals surface area contributed by atoms with Gasteiger partial charge in [0.1, 0.15) is 17.2 Å². The Balaban J connectivity index is 1.90. The normalized spacial score (nSPS) is 18.4. The molecule has 0 aromatic heterocycles. The Morgan fingerprint density at radius 3 is 2.52 bits per heavy atom. The van der Waals surface area contributed by atoms with Crippen LogP contribution in [0.25, 0.3) is 0 Å². The number of hydrazone groups is 1. The minimum Gasteiger partial charge on any atom is -0.464 e. The molecular weight excluding hydrogens is 588 g/mol. The minimum absolute atomic E-state index is 0.00787. The summed E-state index contributed by atoms with van der Waals surface area (Å²) in [5.74, 6) is -1.32. The number of piperidine rings is 1. The fourth-order valence-corrected chi connectivity index (χ4v) is 6.54. The molecule has 1 heterocycles. The first-order chi connectivity index (χ1) is 20.8. The Labute approximate surface area is 258 Å². The molecule has 0 bridgehead atoms. The summed E-state index contributed by atoms with van der Waals surface area (Å²) >= 11 is 0. The van der Waals surface area contributed by atoms with Crippen LogP contribution in [0.3, 0.4) is 0 Å². The molecule has 2 aromatic carbocycles. The van der Waals surface area contributed by atoms with Crippen LogP contribution in [-0.4, -0.2) is 68.0 Å². The predicted molar refractivity (Wildman–Crippen MR) is 166 cm³/mol. The van der Waals surface area contributed by atoms with E-state index in [2.05, 4.69) is 15.1 Å². The summed E-state index contributed by atoms with van der Waals surface area (Å²) in [5.41, 5.74) is 6.76. The number of carbonyl (C=O) groups is 2. The zero-order chi connectivity index (χ0) is 32.5. The van der Waals surface area contributed by atoms with Gasteiger partial charge >= 0.3 is 5.97 Å². The van der Waals surface area contributed by atoms with E-state index in [1.807, 2.05) is 57.2 Å². The number of amides is 1. The highest BCUT2D eigenvalue weighted by Crippen LogP contribution is 2.32. The third-order valence-corrected chi connectivity index (χ3v) is 9.30. The summed E-state index contributed by atoms with van der Waals surface area (Å²) in [6.45, 7) is 8.18. The van der Waals surface area contributed by atoms with E-state index in [1.54, 1.807) is 19.1 Å². The van der Waals surface area contributed by atoms with Gasteiger partial charge in [-0.25, -0.2) is 23.3 Å². The average Bonchev–Trinajstić information content (AvgIpc) is 2.98. The van der Waals surface area contributed by atoms with Gasteiger partial charge in [0.25, 0.3) is 5.96 Å². The number of hydrogen-bond acceptors (Lipinski definition) is 7. The standard InChI is InChI=1S/C30H42N6O7S/c1-5-43-28(38)26-19-21(2)16-18-35(26)27(37)25(15-10-17-32-29(31)33-36(39)40)34-44(41,42)24-14-9-13-23(20-24)30(3,4)22-11-7-6-8-12-22/h6-9,11-14,20-21,25-26,34H,5,10,15-19H2,1-4H3,(H3,31,32,33)/t21-,25+,26-/m1/s1. The third kappa shape index (κ3) is 8.99. The van der Waals surface area contributed by atoms with Crippen molar-refractivity contribution in [2.45, 2.75) is 75.8 Å². The molecule has 0 saturated carbocycles. The Morgan fingerprint density at radius 2 is 1.86 bits per heavy atom. The lowest BCUT2D eigenvalue weighted by molar-refractivity contribution is -0.485. The van der Waals surface area contributed by atoms with E-state index in [1.165, 1.54) is 11.0 Å². The number of benzene rings is 2. The van der Waals surface area contributed by atoms with E-state index in [0.29, 0.717) is 12.8 Å². The third-order valence-electron chi connectivity index (χ3n) is 7.83. The Morgan fingerprint density at radius 1 is 1.18 bits per heavy atom. The topological polar surface area (TPSA) is 186 Å². The zero-order valence-electron chi connectivity index (χ0n) is 25.6. The maximum atomic E-state index is 14.0. The number of ether oxygens (including phenoxy) is 1. The van der Waals surface area contributed by atoms with Crippen molar-refractivity contribution in [2.75, 3.05) is 19.7 Å². The molecule has 2 aromatic rings. The predicted octanol–water partition coefficient (Wildman–Crippen LogP) is 2.73. The first kappa shape index (κ1) is 34.5. The van der Waals surface area contributed by atoms with Gasteiger partial charge < -0.3 is 20.7 Å². The number of nitrogens with zero attached hydrogens (tertiary/aromatic N) is 3. The lowest BCUT2D eigenvalue weighted by Gasteiger charge is -2.38. The van der Waals surface area contributed by atoms with Gasteiger partial charge in [0.05, 0.1) is 11.5 Å². The lowest BCUT2D eigenvalue weighted by atomic mass is 9.78. The molecule has 3 rings (SSSR count). The van der Waals surface area contributed by atoms with Gasteiger partial charge in [-0.15, -0.1) is 0 Å². The van der Waals surface area contributed by atoms with Crippen molar-refractivity contribution in [2.24, 2.45) is 16.8 Å². The quantitative estimate of drug-likeness (QED) is 0.0747. The first-order valence-corrected chi connectivity index (χ1v) is 16.1. The molecule has 1 aliphatic rings. The van der Waals surface area contributed by atoms with Crippen LogP contribution in [0.5, 0.6) is 0 Å². The molecule has 0 aliphatic carbocycles. The lowest BCUT2D eigenvalue weighted by Crippen LogP contribution is -2.56. The Bertz CT molecular complexity index is 1450. The molecule has 44 heavy (non-hydrogen) atoms. The second-order valence-electron chi connectivity index (χ2n) is 11.4. The number of rotatable bonds is 13. The van der Waals surface area contributed by atoms with Crippen molar-refractivity contribution in [3.8, 4) is 0 Å². The van der Waals surface area contributed by atoms with Crippen molar-refractivity contribution in [1.82, 2.24) is 14.9 Å². The van der Waals surface area contributed by atoms with Gasteiger partial charge in [-0.1, -0.05) is 63.2 Å². The molecule has 1 fully saturated rings. The summed E-state index contributed by atoms with van der Waals surface area (Å²) in [5, 5.41) is 15.2. The smallest absolute Gasteiger partial charge is 0.328 e. The molecule has 1 aliphatic heterocycles. The van der Waals surface area contributed by atoms with E-state index in [0.717, 1.165) is 11.1 Å². The number of likely N-dealkylation sites (tertiary alicyclic amines) is 1. The van der Waals surface area contributed by atoms with Gasteiger partial charge in [-0.05, 0) is 61.8 Å². The molecule has 240 valence electrons. The van der Waals surface area contributed by atoms with Crippen LogP contribution in [0, 0.1) is 16.0 Å². The molecule has 0 unspecified atom stereocenters. The number of nitro groups is 1. The maximum absolute atomic E-state index is 14.0. The molecule has 14 heteroatoms. The number of sulfonamides is 1. The number of guanidine groups is 1. The second-order valence-corrected chi connectivity index (χ2v) is 13.1. The molecule has 1 amide bonds. The van der Waals surface area contributed by atoms with Crippen LogP contribution < -0.4 is 15.8 Å². The number of carbonyl (C=O) groups excluding carboxylic acids is 2. The van der Waals surface area contributed by atoms with Crippen LogP contribution in [0.1, 0.15) is 64.5 Å². The highest BCUT2D eigenvalue weighted by atomic mass is 32.2. The summed E-state index contributed by atoms with van der Waals surface area (Å²) < 4.78 is 35.4. The number of esters is 1. The highest BCUT2D eigenvalue weighted by Gasteiger charge is 2.39. The van der Waals surface area contributed by atoms with E-state index in [9.17, 15) is 28.1 Å². The van der Waals surface area contributed by atoms with Crippen molar-refractivity contribution in [3.63, 3.8) is 0 Å². The maximum Gasteiger partial charge on any atom is 0.328 e. The highest BCUT2D eigenvalue weighted by molar-refractivity contribution is 7.89. The number of nitrogens with one attached hydrogen (secondary N) is 2. The number of nitrogens with two attached hydrogens (primary N) is 1.